The van der Waals surface area contributed by atoms with Gasteiger partial charge < -0.3 is 4.90 Å². The molecule has 0 spiro atoms. The van der Waals surface area contributed by atoms with Crippen LogP contribution in [0.1, 0.15) is 137 Å². The summed E-state index contributed by atoms with van der Waals surface area (Å²) in [5.41, 5.74) is 25.4. The summed E-state index contributed by atoms with van der Waals surface area (Å²) in [6.45, 7) is 9.10. The van der Waals surface area contributed by atoms with E-state index in [2.05, 4.69) is 209 Å². The molecule has 1 nitrogen and oxygen atoms in total. The Balaban J connectivity index is 0.959. The number of hydrogen-bond donors (Lipinski definition) is 0. The fraction of sp³-hybridized carbons (Fsp3) is 0.304. The first-order valence-electron chi connectivity index (χ1n) is 27.1. The van der Waals surface area contributed by atoms with Crippen molar-refractivity contribution in [2.45, 2.75) is 136 Å². The third-order valence-corrected chi connectivity index (χ3v) is 15.9. The Morgan fingerprint density at radius 1 is 0.357 bits per heavy atom. The van der Waals surface area contributed by atoms with Gasteiger partial charge in [-0.15, -0.1) is 0 Å². The van der Waals surface area contributed by atoms with Crippen LogP contribution in [-0.2, 0) is 18.3 Å². The molecule has 70 heavy (non-hydrogen) atoms. The first-order chi connectivity index (χ1) is 34.4. The first kappa shape index (κ1) is 47.2. The lowest BCUT2D eigenvalue weighted by atomic mass is 9.70. The number of rotatable bonds is 21. The predicted molar refractivity (Wildman–Crippen MR) is 302 cm³/mol. The maximum absolute atomic E-state index is 2.61. The molecule has 1 heteroatoms. The normalized spacial score (nSPS) is 13.1. The summed E-state index contributed by atoms with van der Waals surface area (Å²) in [6, 6.07) is 67.2. The number of nitrogens with zero attached hydrogens (tertiary/aromatic N) is 1. The Bertz CT molecular complexity index is 3010. The van der Waals surface area contributed by atoms with Gasteiger partial charge in [0.25, 0.3) is 0 Å². The quantitative estimate of drug-likeness (QED) is 0.0649. The third-order valence-electron chi connectivity index (χ3n) is 15.9. The van der Waals surface area contributed by atoms with E-state index in [1.807, 2.05) is 0 Å². The van der Waals surface area contributed by atoms with Crippen LogP contribution in [0.25, 0.3) is 55.6 Å². The molecule has 10 rings (SSSR count). The molecule has 0 saturated heterocycles. The Labute approximate surface area is 420 Å². The topological polar surface area (TPSA) is 3.24 Å². The highest BCUT2D eigenvalue weighted by molar-refractivity contribution is 5.86. The van der Waals surface area contributed by atoms with E-state index in [-0.39, 0.29) is 5.41 Å². The summed E-state index contributed by atoms with van der Waals surface area (Å²) in [6.07, 6.45) is 20.8. The van der Waals surface area contributed by atoms with Gasteiger partial charge in [0.1, 0.15) is 0 Å². The minimum absolute atomic E-state index is 0.0605. The second kappa shape index (κ2) is 21.7. The van der Waals surface area contributed by atoms with Gasteiger partial charge in [-0.05, 0) is 166 Å². The van der Waals surface area contributed by atoms with Crippen LogP contribution < -0.4 is 4.90 Å². The van der Waals surface area contributed by atoms with Gasteiger partial charge in [0.15, 0.2) is 0 Å². The van der Waals surface area contributed by atoms with Crippen molar-refractivity contribution in [2.24, 2.45) is 0 Å². The van der Waals surface area contributed by atoms with E-state index in [1.165, 1.54) is 181 Å². The number of benzene rings is 8. The second-order valence-corrected chi connectivity index (χ2v) is 20.8. The van der Waals surface area contributed by atoms with Crippen molar-refractivity contribution in [3.8, 4) is 55.6 Å². The average molecular weight is 916 g/mol. The van der Waals surface area contributed by atoms with E-state index >= 15 is 0 Å². The summed E-state index contributed by atoms with van der Waals surface area (Å²) < 4.78 is 0. The molecule has 0 aromatic heterocycles. The number of unbranched alkanes of at least 4 members (excludes halogenated alkanes) is 10. The van der Waals surface area contributed by atoms with Gasteiger partial charge >= 0.3 is 0 Å². The fourth-order valence-corrected chi connectivity index (χ4v) is 11.9. The summed E-state index contributed by atoms with van der Waals surface area (Å²) in [5.74, 6) is 0. The molecular formula is C69H73N. The Morgan fingerprint density at radius 2 is 0.814 bits per heavy atom. The molecule has 0 N–H and O–H groups in total. The van der Waals surface area contributed by atoms with Gasteiger partial charge in [-0.25, -0.2) is 0 Å². The van der Waals surface area contributed by atoms with Crippen LogP contribution in [-0.4, -0.2) is 0 Å². The predicted octanol–water partition coefficient (Wildman–Crippen LogP) is 20.3. The summed E-state index contributed by atoms with van der Waals surface area (Å²) in [4.78, 5) is 2.40. The Hall–Kier alpha value is -6.44. The molecule has 0 saturated carbocycles. The van der Waals surface area contributed by atoms with Gasteiger partial charge in [0, 0.05) is 22.5 Å². The minimum Gasteiger partial charge on any atom is -0.311 e. The van der Waals surface area contributed by atoms with Crippen molar-refractivity contribution in [1.29, 1.82) is 0 Å². The van der Waals surface area contributed by atoms with E-state index in [9.17, 15) is 0 Å². The molecule has 0 radical (unpaired) electrons. The van der Waals surface area contributed by atoms with Crippen LogP contribution in [0.5, 0.6) is 0 Å². The highest BCUT2D eigenvalue weighted by Crippen LogP contribution is 2.55. The second-order valence-electron chi connectivity index (χ2n) is 20.8. The van der Waals surface area contributed by atoms with E-state index in [1.54, 1.807) is 11.1 Å². The fourth-order valence-electron chi connectivity index (χ4n) is 11.9. The highest BCUT2D eigenvalue weighted by Gasteiger charge is 2.42. The van der Waals surface area contributed by atoms with Crippen LogP contribution in [0.2, 0.25) is 0 Å². The zero-order valence-corrected chi connectivity index (χ0v) is 42.5. The van der Waals surface area contributed by atoms with Crippen LogP contribution in [0.3, 0.4) is 0 Å². The first-order valence-corrected chi connectivity index (χ1v) is 27.1. The molecule has 0 heterocycles. The monoisotopic (exact) mass is 916 g/mol. The molecule has 2 aliphatic carbocycles. The van der Waals surface area contributed by atoms with Crippen molar-refractivity contribution < 1.29 is 0 Å². The van der Waals surface area contributed by atoms with E-state index in [0.29, 0.717) is 0 Å². The molecule has 0 amide bonds. The number of anilines is 3. The SMILES string of the molecule is CCCCCCCCC1(CCCCCCCC)c2cc(C)ccc2-c2ccc(-c3cccc(-c4ccc(N(c5ccc(-c6cccc(C)c6)cc5)c5ccc(-c6cccc7c6CC7)cc5)cc4)c3)cc21. The number of hydrogen-bond acceptors (Lipinski definition) is 1. The maximum Gasteiger partial charge on any atom is 0.0462 e. The Morgan fingerprint density at radius 3 is 1.39 bits per heavy atom. The third kappa shape index (κ3) is 9.96. The zero-order valence-electron chi connectivity index (χ0n) is 42.5. The highest BCUT2D eigenvalue weighted by atomic mass is 15.1. The van der Waals surface area contributed by atoms with Crippen LogP contribution in [0.4, 0.5) is 17.1 Å². The summed E-state index contributed by atoms with van der Waals surface area (Å²) in [7, 11) is 0. The molecular weight excluding hydrogens is 843 g/mol. The molecule has 0 fully saturated rings. The van der Waals surface area contributed by atoms with Gasteiger partial charge in [-0.3, -0.25) is 0 Å². The minimum atomic E-state index is 0.0605. The average Bonchev–Trinajstić information content (AvgIpc) is 3.64. The maximum atomic E-state index is 2.61. The summed E-state index contributed by atoms with van der Waals surface area (Å²) >= 11 is 0. The molecule has 2 aliphatic rings. The van der Waals surface area contributed by atoms with Crippen molar-refractivity contribution in [3.05, 3.63) is 209 Å². The van der Waals surface area contributed by atoms with Crippen LogP contribution in [0, 0.1) is 13.8 Å². The molecule has 0 atom stereocenters. The smallest absolute Gasteiger partial charge is 0.0462 e. The van der Waals surface area contributed by atoms with Gasteiger partial charge in [-0.1, -0.05) is 229 Å². The van der Waals surface area contributed by atoms with Gasteiger partial charge in [0.2, 0.25) is 0 Å². The molecule has 8 aromatic rings. The largest absolute Gasteiger partial charge is 0.311 e. The standard InChI is InChI=1S/C69H73N/c1-5-7-9-11-13-15-44-69(45-16-14-12-10-8-6-2)67-47-51(4)26-41-65(67)66-43-34-59(49-68(66)69)58-24-18-23-57(48-58)53-29-37-61(38-30-53)70(60-35-27-52(28-36-60)56-22-17-20-50(3)46-56)62-39-31-55(32-40-62)63-25-19-21-54-33-42-64(54)63/h17-32,34-41,43,46-49H,5-16,33,42,44-45H2,1-4H3. The van der Waals surface area contributed by atoms with Crippen molar-refractivity contribution >= 4 is 17.1 Å². The lowest BCUT2D eigenvalue weighted by Gasteiger charge is -2.33. The number of fused-ring (bicyclic) bond motifs is 4. The van der Waals surface area contributed by atoms with Crippen LogP contribution >= 0.6 is 0 Å². The zero-order chi connectivity index (χ0) is 47.9. The number of aryl methyl sites for hydroxylation is 3. The molecule has 354 valence electrons. The summed E-state index contributed by atoms with van der Waals surface area (Å²) in [5, 5.41) is 0. The van der Waals surface area contributed by atoms with Gasteiger partial charge in [-0.2, -0.15) is 0 Å². The van der Waals surface area contributed by atoms with Crippen molar-refractivity contribution in [2.75, 3.05) is 4.90 Å². The Kier molecular flexibility index (Phi) is 14.6. The van der Waals surface area contributed by atoms with Crippen LogP contribution in [0.15, 0.2) is 176 Å². The van der Waals surface area contributed by atoms with E-state index in [0.717, 1.165) is 17.1 Å². The molecule has 0 aliphatic heterocycles. The van der Waals surface area contributed by atoms with Gasteiger partial charge in [0.05, 0.1) is 0 Å². The molecule has 0 bridgehead atoms. The lowest BCUT2D eigenvalue weighted by molar-refractivity contribution is 0.398. The molecule has 8 aromatic carbocycles. The lowest BCUT2D eigenvalue weighted by Crippen LogP contribution is -2.25. The van der Waals surface area contributed by atoms with Crippen molar-refractivity contribution in [3.63, 3.8) is 0 Å². The van der Waals surface area contributed by atoms with Crippen molar-refractivity contribution in [1.82, 2.24) is 0 Å². The molecule has 0 unspecified atom stereocenters. The van der Waals surface area contributed by atoms with E-state index in [4.69, 9.17) is 0 Å². The van der Waals surface area contributed by atoms with E-state index < -0.39 is 0 Å².